The highest BCUT2D eigenvalue weighted by Gasteiger charge is 2.56. The molecule has 0 unspecified atom stereocenters. The monoisotopic (exact) mass is 342 g/mol. The molecule has 6 heteroatoms. The van der Waals surface area contributed by atoms with Crippen molar-refractivity contribution in [3.63, 3.8) is 0 Å². The van der Waals surface area contributed by atoms with Crippen LogP contribution >= 0.6 is 0 Å². The van der Waals surface area contributed by atoms with E-state index < -0.39 is 22.9 Å². The zero-order valence-corrected chi connectivity index (χ0v) is 14.0. The Hall–Kier alpha value is -2.89. The number of amides is 2. The number of rotatable bonds is 4. The van der Waals surface area contributed by atoms with Gasteiger partial charge in [-0.1, -0.05) is 6.07 Å². The predicted molar refractivity (Wildman–Crippen MR) is 92.9 cm³/mol. The molecule has 3 rings (SSSR count). The Morgan fingerprint density at radius 3 is 2.04 bits per heavy atom. The lowest BCUT2D eigenvalue weighted by Gasteiger charge is -2.16. The molecule has 2 amide bonds. The van der Waals surface area contributed by atoms with Crippen molar-refractivity contribution in [3.8, 4) is 5.75 Å². The number of aryl methyl sites for hydroxylation is 2. The van der Waals surface area contributed by atoms with Crippen LogP contribution in [-0.4, -0.2) is 16.9 Å². The quantitative estimate of drug-likeness (QED) is 0.588. The molecule has 3 N–H and O–H groups in total. The third-order valence-electron chi connectivity index (χ3n) is 4.59. The van der Waals surface area contributed by atoms with Crippen molar-refractivity contribution in [3.05, 3.63) is 53.3 Å². The maximum atomic E-state index is 13.4. The minimum Gasteiger partial charge on any atom is -0.505 e. The van der Waals surface area contributed by atoms with Gasteiger partial charge in [0.2, 0.25) is 11.8 Å². The molecule has 0 atom stereocenters. The SMILES string of the molecule is Cc1ccc(NC(=O)C2(C(=O)Nc3ccc(O)c(F)c3)CC2)cc1C. The van der Waals surface area contributed by atoms with E-state index in [4.69, 9.17) is 0 Å². The summed E-state index contributed by atoms with van der Waals surface area (Å²) in [6.45, 7) is 3.93. The van der Waals surface area contributed by atoms with Crippen molar-refractivity contribution in [1.82, 2.24) is 0 Å². The number of hydrogen-bond acceptors (Lipinski definition) is 3. The van der Waals surface area contributed by atoms with Gasteiger partial charge in [0.1, 0.15) is 5.41 Å². The fourth-order valence-corrected chi connectivity index (χ4v) is 2.59. The summed E-state index contributed by atoms with van der Waals surface area (Å²) in [4.78, 5) is 25.0. The van der Waals surface area contributed by atoms with E-state index in [1.807, 2.05) is 26.0 Å². The van der Waals surface area contributed by atoms with Gasteiger partial charge in [0.15, 0.2) is 11.6 Å². The highest BCUT2D eigenvalue weighted by molar-refractivity contribution is 6.16. The first-order chi connectivity index (χ1) is 11.8. The molecule has 0 radical (unpaired) electrons. The number of phenols is 1. The van der Waals surface area contributed by atoms with E-state index in [1.54, 1.807) is 6.07 Å². The van der Waals surface area contributed by atoms with Crippen LogP contribution in [0.4, 0.5) is 15.8 Å². The lowest BCUT2D eigenvalue weighted by molar-refractivity contribution is -0.131. The van der Waals surface area contributed by atoms with Gasteiger partial charge in [-0.25, -0.2) is 4.39 Å². The van der Waals surface area contributed by atoms with Gasteiger partial charge in [0.25, 0.3) is 0 Å². The summed E-state index contributed by atoms with van der Waals surface area (Å²) >= 11 is 0. The highest BCUT2D eigenvalue weighted by atomic mass is 19.1. The fourth-order valence-electron chi connectivity index (χ4n) is 2.59. The minimum absolute atomic E-state index is 0.200. The molecule has 1 aliphatic carbocycles. The lowest BCUT2D eigenvalue weighted by Crippen LogP contribution is -2.35. The van der Waals surface area contributed by atoms with Gasteiger partial charge < -0.3 is 15.7 Å². The number of carbonyl (C=O) groups is 2. The second-order valence-corrected chi connectivity index (χ2v) is 6.46. The normalized spacial score (nSPS) is 14.7. The summed E-state index contributed by atoms with van der Waals surface area (Å²) in [6.07, 6.45) is 0.881. The first-order valence-electron chi connectivity index (χ1n) is 8.00. The lowest BCUT2D eigenvalue weighted by atomic mass is 10.0. The first-order valence-corrected chi connectivity index (χ1v) is 8.00. The van der Waals surface area contributed by atoms with Crippen LogP contribution in [-0.2, 0) is 9.59 Å². The summed E-state index contributed by atoms with van der Waals surface area (Å²) in [5.74, 6) is -2.17. The third kappa shape index (κ3) is 3.33. The molecule has 0 saturated heterocycles. The van der Waals surface area contributed by atoms with Gasteiger partial charge in [-0.15, -0.1) is 0 Å². The average molecular weight is 342 g/mol. The molecule has 0 spiro atoms. The van der Waals surface area contributed by atoms with E-state index in [1.165, 1.54) is 6.07 Å². The summed E-state index contributed by atoms with van der Waals surface area (Å²) in [5, 5.41) is 14.5. The topological polar surface area (TPSA) is 78.4 Å². The maximum Gasteiger partial charge on any atom is 0.240 e. The van der Waals surface area contributed by atoms with E-state index in [0.717, 1.165) is 23.3 Å². The first kappa shape index (κ1) is 17.0. The average Bonchev–Trinajstić information content (AvgIpc) is 3.36. The van der Waals surface area contributed by atoms with Gasteiger partial charge in [0.05, 0.1) is 0 Å². The molecule has 2 aromatic carbocycles. The summed E-state index contributed by atoms with van der Waals surface area (Å²) < 4.78 is 13.4. The molecule has 0 bridgehead atoms. The van der Waals surface area contributed by atoms with E-state index in [2.05, 4.69) is 10.6 Å². The van der Waals surface area contributed by atoms with Crippen LogP contribution in [0.1, 0.15) is 24.0 Å². The number of carbonyl (C=O) groups excluding carboxylic acids is 2. The Morgan fingerprint density at radius 1 is 0.960 bits per heavy atom. The van der Waals surface area contributed by atoms with Crippen LogP contribution in [0.25, 0.3) is 0 Å². The molecule has 0 aliphatic heterocycles. The Labute approximate surface area is 144 Å². The van der Waals surface area contributed by atoms with Crippen molar-refractivity contribution in [2.45, 2.75) is 26.7 Å². The van der Waals surface area contributed by atoms with Crippen LogP contribution in [0.3, 0.4) is 0 Å². The Morgan fingerprint density at radius 2 is 1.52 bits per heavy atom. The fraction of sp³-hybridized carbons (Fsp3) is 0.263. The molecule has 1 aliphatic rings. The largest absolute Gasteiger partial charge is 0.505 e. The standard InChI is InChI=1S/C19H19FN2O3/c1-11-3-4-13(9-12(11)2)21-17(24)19(7-8-19)18(25)22-14-5-6-16(23)15(20)10-14/h3-6,9-10,23H,7-8H2,1-2H3,(H,21,24)(H,22,25). The minimum atomic E-state index is -1.13. The third-order valence-corrected chi connectivity index (χ3v) is 4.59. The second-order valence-electron chi connectivity index (χ2n) is 6.46. The Balaban J connectivity index is 1.72. The molecular formula is C19H19FN2O3. The van der Waals surface area contributed by atoms with Crippen LogP contribution in [0.15, 0.2) is 36.4 Å². The zero-order valence-electron chi connectivity index (χ0n) is 14.0. The van der Waals surface area contributed by atoms with Crippen LogP contribution in [0, 0.1) is 25.1 Å². The van der Waals surface area contributed by atoms with E-state index in [-0.39, 0.29) is 11.6 Å². The van der Waals surface area contributed by atoms with Crippen molar-refractivity contribution >= 4 is 23.2 Å². The number of phenolic OH excluding ortho intramolecular Hbond substituents is 1. The number of hydrogen-bond donors (Lipinski definition) is 3. The number of nitrogens with one attached hydrogen (secondary N) is 2. The molecule has 5 nitrogen and oxygen atoms in total. The smallest absolute Gasteiger partial charge is 0.240 e. The highest BCUT2D eigenvalue weighted by Crippen LogP contribution is 2.47. The van der Waals surface area contributed by atoms with E-state index in [9.17, 15) is 19.1 Å². The van der Waals surface area contributed by atoms with E-state index in [0.29, 0.717) is 18.5 Å². The van der Waals surface area contributed by atoms with Crippen LogP contribution in [0.2, 0.25) is 0 Å². The van der Waals surface area contributed by atoms with Crippen LogP contribution < -0.4 is 10.6 Å². The molecule has 1 saturated carbocycles. The number of halogens is 1. The van der Waals surface area contributed by atoms with Gasteiger partial charge in [-0.05, 0) is 62.1 Å². The molecule has 0 aromatic heterocycles. The number of benzene rings is 2. The molecular weight excluding hydrogens is 323 g/mol. The summed E-state index contributed by atoms with van der Waals surface area (Å²) in [5.41, 5.74) is 1.87. The Kier molecular flexibility index (Phi) is 4.20. The van der Waals surface area contributed by atoms with Gasteiger partial charge in [-0.2, -0.15) is 0 Å². The van der Waals surface area contributed by atoms with Gasteiger partial charge in [-0.3, -0.25) is 9.59 Å². The second kappa shape index (κ2) is 6.20. The molecule has 2 aromatic rings. The Bertz CT molecular complexity index is 792. The van der Waals surface area contributed by atoms with Crippen LogP contribution in [0.5, 0.6) is 5.75 Å². The van der Waals surface area contributed by atoms with Crippen molar-refractivity contribution in [2.24, 2.45) is 5.41 Å². The molecule has 0 heterocycles. The maximum absolute atomic E-state index is 13.4. The van der Waals surface area contributed by atoms with Gasteiger partial charge in [0, 0.05) is 17.4 Å². The predicted octanol–water partition coefficient (Wildman–Crippen LogP) is 3.51. The molecule has 1 fully saturated rings. The van der Waals surface area contributed by atoms with Crippen molar-refractivity contribution in [1.29, 1.82) is 0 Å². The molecule has 130 valence electrons. The summed E-state index contributed by atoms with van der Waals surface area (Å²) in [6, 6.07) is 9.11. The summed E-state index contributed by atoms with van der Waals surface area (Å²) in [7, 11) is 0. The van der Waals surface area contributed by atoms with Crippen molar-refractivity contribution in [2.75, 3.05) is 10.6 Å². The number of aromatic hydroxyl groups is 1. The molecule has 25 heavy (non-hydrogen) atoms. The van der Waals surface area contributed by atoms with Gasteiger partial charge >= 0.3 is 0 Å². The zero-order chi connectivity index (χ0) is 18.2. The van der Waals surface area contributed by atoms with Crippen molar-refractivity contribution < 1.29 is 19.1 Å². The number of anilines is 2. The van der Waals surface area contributed by atoms with E-state index >= 15 is 0 Å².